The lowest BCUT2D eigenvalue weighted by molar-refractivity contribution is -0.571. The van der Waals surface area contributed by atoms with E-state index in [-0.39, 0.29) is 33.4 Å². The Bertz CT molecular complexity index is 4960. The Labute approximate surface area is 454 Å². The van der Waals surface area contributed by atoms with E-state index in [1.165, 1.54) is 0 Å². The van der Waals surface area contributed by atoms with Crippen LogP contribution in [0.1, 0.15) is 40.0 Å². The van der Waals surface area contributed by atoms with Gasteiger partial charge in [-0.1, -0.05) is 172 Å². The topological polar surface area (TPSA) is 53.7 Å². The molecule has 0 unspecified atom stereocenters. The van der Waals surface area contributed by atoms with Gasteiger partial charge < -0.3 is 9.30 Å². The standard InChI is InChI=1S/C69H50N6O/c1-69(2,3)50-36-39-71-67(41-50)75-61-31-15-12-26-57(61)58-43-65(74-59-29-13-10-24-55(59)56-25-11-14-30-60(56)74)66(44-63(58)75)76-52-23-16-22-51(42-52)72-45-73(64-40-49(32-33-62(64)72)46-34-37-70-38-35-46)68-53(47-18-6-4-7-19-47)27-17-28-54(68)48-20-8-5-9-21-48/h4-44H,1-3H3/i4D,5D,6D,7D,8D,9D,18D,19D,20D,21D. The molecule has 0 aliphatic rings. The van der Waals surface area contributed by atoms with Crippen molar-refractivity contribution in [2.75, 3.05) is 0 Å². The Balaban J connectivity index is 1.03. The molecule has 0 N–H and O–H groups in total. The summed E-state index contributed by atoms with van der Waals surface area (Å²) in [6.07, 6.45) is 8.81. The first-order valence-corrected chi connectivity index (χ1v) is 25.0. The maximum absolute atomic E-state index is 9.27. The van der Waals surface area contributed by atoms with Gasteiger partial charge in [-0.15, -0.1) is 0 Å². The highest BCUT2D eigenvalue weighted by Gasteiger charge is 2.24. The summed E-state index contributed by atoms with van der Waals surface area (Å²) >= 11 is 0. The molecule has 0 saturated carbocycles. The van der Waals surface area contributed by atoms with Crippen molar-refractivity contribution in [3.05, 3.63) is 261 Å². The van der Waals surface area contributed by atoms with Crippen molar-refractivity contribution < 1.29 is 23.0 Å². The van der Waals surface area contributed by atoms with E-state index in [1.807, 2.05) is 95.7 Å². The molecule has 7 heteroatoms. The van der Waals surface area contributed by atoms with E-state index in [2.05, 4.69) is 108 Å². The van der Waals surface area contributed by atoms with E-state index < -0.39 is 60.4 Å². The first-order chi connectivity index (χ1) is 41.5. The Morgan fingerprint density at radius 1 is 0.500 bits per heavy atom. The molecule has 14 aromatic rings. The summed E-state index contributed by atoms with van der Waals surface area (Å²) < 4.78 is 105. The number of imidazole rings is 1. The monoisotopic (exact) mass is 988 g/mol. The van der Waals surface area contributed by atoms with E-state index >= 15 is 0 Å². The molecule has 362 valence electrons. The first kappa shape index (κ1) is 35.3. The second kappa shape index (κ2) is 18.0. The molecule has 0 radical (unpaired) electrons. The third-order valence-corrected chi connectivity index (χ3v) is 14.2. The molecule has 5 aromatic heterocycles. The highest BCUT2D eigenvalue weighted by atomic mass is 16.5. The lowest BCUT2D eigenvalue weighted by Crippen LogP contribution is -2.31. The maximum atomic E-state index is 9.27. The van der Waals surface area contributed by atoms with Crippen molar-refractivity contribution in [2.45, 2.75) is 26.2 Å². The Kier molecular flexibility index (Phi) is 8.35. The summed E-state index contributed by atoms with van der Waals surface area (Å²) in [5, 5.41) is 4.21. The fourth-order valence-corrected chi connectivity index (χ4v) is 10.6. The molecular weight excluding hydrogens is 929 g/mol. The van der Waals surface area contributed by atoms with Crippen molar-refractivity contribution >= 4 is 54.6 Å². The zero-order valence-electron chi connectivity index (χ0n) is 51.5. The van der Waals surface area contributed by atoms with Crippen LogP contribution in [-0.2, 0) is 5.41 Å². The van der Waals surface area contributed by atoms with Crippen LogP contribution < -0.4 is 9.30 Å². The van der Waals surface area contributed by atoms with Crippen LogP contribution in [0.25, 0.3) is 111 Å². The number of hydrogen-bond acceptors (Lipinski definition) is 3. The summed E-state index contributed by atoms with van der Waals surface area (Å²) in [6, 6.07) is 50.1. The number of fused-ring (bicyclic) bond motifs is 7. The third-order valence-electron chi connectivity index (χ3n) is 14.2. The quantitative estimate of drug-likeness (QED) is 0.107. The van der Waals surface area contributed by atoms with Crippen LogP contribution in [0.4, 0.5) is 0 Å². The van der Waals surface area contributed by atoms with Crippen LogP contribution in [0.2, 0.25) is 0 Å². The Morgan fingerprint density at radius 3 is 1.78 bits per heavy atom. The normalized spacial score (nSPS) is 13.7. The molecule has 0 aliphatic carbocycles. The smallest absolute Gasteiger partial charge is 0.269 e. The van der Waals surface area contributed by atoms with Gasteiger partial charge in [0.05, 0.1) is 63.9 Å². The molecule has 76 heavy (non-hydrogen) atoms. The van der Waals surface area contributed by atoms with E-state index in [0.29, 0.717) is 28.2 Å². The van der Waals surface area contributed by atoms with Gasteiger partial charge in [-0.3, -0.25) is 18.7 Å². The number of nitrogens with zero attached hydrogens (tertiary/aromatic N) is 6. The van der Waals surface area contributed by atoms with Gasteiger partial charge in [-0.05, 0) is 117 Å². The van der Waals surface area contributed by atoms with Crippen LogP contribution in [0.3, 0.4) is 0 Å². The third kappa shape index (κ3) is 7.54. The second-order valence-corrected chi connectivity index (χ2v) is 19.7. The molecule has 0 spiro atoms. The summed E-state index contributed by atoms with van der Waals surface area (Å²) in [5.74, 6) is 1.78. The minimum Gasteiger partial charge on any atom is -0.456 e. The number of benzene rings is 9. The van der Waals surface area contributed by atoms with Gasteiger partial charge in [0, 0.05) is 46.2 Å². The molecule has 14 rings (SSSR count). The molecule has 0 aliphatic heterocycles. The van der Waals surface area contributed by atoms with Gasteiger partial charge >= 0.3 is 0 Å². The van der Waals surface area contributed by atoms with Crippen molar-refractivity contribution in [1.82, 2.24) is 23.7 Å². The summed E-state index contributed by atoms with van der Waals surface area (Å²) in [4.78, 5) is 9.24. The van der Waals surface area contributed by atoms with Gasteiger partial charge in [0.25, 0.3) is 6.33 Å². The summed E-state index contributed by atoms with van der Waals surface area (Å²) in [6.45, 7) is 6.57. The Morgan fingerprint density at radius 2 is 1.12 bits per heavy atom. The molecule has 0 bridgehead atoms. The molecule has 5 heterocycles. The average Bonchev–Trinajstić information content (AvgIpc) is 3.11. The van der Waals surface area contributed by atoms with Gasteiger partial charge in [0.1, 0.15) is 11.6 Å². The molecule has 0 fully saturated rings. The lowest BCUT2D eigenvalue weighted by atomic mass is 9.88. The van der Waals surface area contributed by atoms with Crippen molar-refractivity contribution in [3.63, 3.8) is 0 Å². The largest absolute Gasteiger partial charge is 0.456 e. The predicted molar refractivity (Wildman–Crippen MR) is 309 cm³/mol. The van der Waals surface area contributed by atoms with Gasteiger partial charge in [0.15, 0.2) is 5.75 Å². The summed E-state index contributed by atoms with van der Waals surface area (Å²) in [7, 11) is 0. The Hall–Kier alpha value is -9.85. The maximum Gasteiger partial charge on any atom is 0.269 e. The van der Waals surface area contributed by atoms with E-state index in [9.17, 15) is 5.48 Å². The predicted octanol–water partition coefficient (Wildman–Crippen LogP) is 16.8. The molecule has 0 saturated heterocycles. The minimum absolute atomic E-state index is 0.128. The fraction of sp³-hybridized carbons (Fsp3) is 0.0580. The van der Waals surface area contributed by atoms with E-state index in [4.69, 9.17) is 17.9 Å². The minimum atomic E-state index is -0.584. The molecular formula is C69H50N6O. The van der Waals surface area contributed by atoms with Gasteiger partial charge in [0.2, 0.25) is 0 Å². The second-order valence-electron chi connectivity index (χ2n) is 19.7. The van der Waals surface area contributed by atoms with Crippen LogP contribution >= 0.6 is 0 Å². The van der Waals surface area contributed by atoms with Crippen LogP contribution in [-0.4, -0.2) is 23.7 Å². The number of pyridine rings is 2. The fourth-order valence-electron chi connectivity index (χ4n) is 10.6. The zero-order chi connectivity index (χ0) is 59.6. The van der Waals surface area contributed by atoms with E-state index in [0.717, 1.165) is 71.8 Å². The SMILES string of the molecule is [2H]c1c([2H])c([2H])c(-c2cccc(-c3c([2H])c([2H])c([2H])c([2H])c3[2H])c2-[n+]2[c-]n(-c3cccc(Oc4cc5c(cc4-n4c6ccccc6c6ccccc64)c4ccccc4n5-c4cc(C(C)(C)C)ccn4)c3)c3ccc(-c4ccncc4)cc32)c([2H])c1[2H]. The number of aromatic nitrogens is 6. The van der Waals surface area contributed by atoms with Crippen LogP contribution in [0.5, 0.6) is 11.5 Å². The van der Waals surface area contributed by atoms with Gasteiger partial charge in [-0.25, -0.2) is 4.98 Å². The average molecular weight is 989 g/mol. The lowest BCUT2D eigenvalue weighted by Gasteiger charge is -2.20. The first-order valence-electron chi connectivity index (χ1n) is 30.0. The molecule has 9 aromatic carbocycles. The highest BCUT2D eigenvalue weighted by molar-refractivity contribution is 6.13. The number of para-hydroxylation sites is 4. The van der Waals surface area contributed by atoms with Crippen molar-refractivity contribution in [1.29, 1.82) is 0 Å². The van der Waals surface area contributed by atoms with Crippen molar-refractivity contribution in [3.8, 4) is 67.8 Å². The van der Waals surface area contributed by atoms with E-state index in [1.54, 1.807) is 35.2 Å². The van der Waals surface area contributed by atoms with Gasteiger partial charge in [-0.2, -0.15) is 0 Å². The van der Waals surface area contributed by atoms with Crippen LogP contribution in [0.15, 0.2) is 249 Å². The number of hydrogen-bond donors (Lipinski definition) is 0. The molecule has 0 atom stereocenters. The number of rotatable bonds is 9. The van der Waals surface area contributed by atoms with Crippen molar-refractivity contribution in [2.24, 2.45) is 0 Å². The molecule has 7 nitrogen and oxygen atoms in total. The summed E-state index contributed by atoms with van der Waals surface area (Å²) in [5.41, 5.74) is 9.01. The zero-order valence-corrected chi connectivity index (χ0v) is 41.5. The highest BCUT2D eigenvalue weighted by Crippen LogP contribution is 2.43. The van der Waals surface area contributed by atoms with Crippen LogP contribution in [0, 0.1) is 6.33 Å². The molecule has 0 amide bonds. The number of ether oxygens (including phenoxy) is 1.